The summed E-state index contributed by atoms with van der Waals surface area (Å²) >= 11 is 0. The molecule has 1 atom stereocenters. The molecule has 1 unspecified atom stereocenters. The standard InChI is InChI=1S/C17H18FNO/c18-15-6-3-4-13(10-15)11-19-17(12-20)9-8-14-5-1-2-7-16(14)17/h1-7,10,19-20H,8-9,11-12H2. The minimum atomic E-state index is -0.400. The second-order valence-corrected chi connectivity index (χ2v) is 5.38. The van der Waals surface area contributed by atoms with Crippen molar-refractivity contribution in [2.75, 3.05) is 6.61 Å². The molecule has 0 bridgehead atoms. The number of benzene rings is 2. The van der Waals surface area contributed by atoms with E-state index in [1.54, 1.807) is 6.07 Å². The first kappa shape index (κ1) is 13.3. The molecule has 20 heavy (non-hydrogen) atoms. The van der Waals surface area contributed by atoms with Gasteiger partial charge in [-0.05, 0) is 41.7 Å². The quantitative estimate of drug-likeness (QED) is 0.896. The van der Waals surface area contributed by atoms with Gasteiger partial charge in [0, 0.05) is 6.54 Å². The van der Waals surface area contributed by atoms with E-state index in [9.17, 15) is 9.50 Å². The topological polar surface area (TPSA) is 32.3 Å². The number of nitrogens with one attached hydrogen (secondary N) is 1. The predicted octanol–water partition coefficient (Wildman–Crippen LogP) is 2.75. The lowest BCUT2D eigenvalue weighted by atomic mass is 9.92. The zero-order valence-electron chi connectivity index (χ0n) is 11.3. The fraction of sp³-hybridized carbons (Fsp3) is 0.294. The molecule has 3 rings (SSSR count). The molecule has 0 aromatic heterocycles. The molecule has 3 heteroatoms. The maximum Gasteiger partial charge on any atom is 0.123 e. The molecule has 0 fully saturated rings. The molecule has 1 aliphatic rings. The van der Waals surface area contributed by atoms with Crippen LogP contribution in [0.15, 0.2) is 48.5 Å². The fourth-order valence-corrected chi connectivity index (χ4v) is 3.01. The van der Waals surface area contributed by atoms with Gasteiger partial charge in [-0.2, -0.15) is 0 Å². The van der Waals surface area contributed by atoms with Crippen LogP contribution in [0.5, 0.6) is 0 Å². The van der Waals surface area contributed by atoms with Gasteiger partial charge in [-0.25, -0.2) is 4.39 Å². The SMILES string of the molecule is OCC1(NCc2cccc(F)c2)CCc2ccccc21. The molecule has 2 N–H and O–H groups in total. The molecule has 0 saturated heterocycles. The number of aliphatic hydroxyl groups is 1. The normalized spacial score (nSPS) is 20.9. The van der Waals surface area contributed by atoms with Gasteiger partial charge in [0.1, 0.15) is 5.82 Å². The van der Waals surface area contributed by atoms with Gasteiger partial charge < -0.3 is 10.4 Å². The summed E-state index contributed by atoms with van der Waals surface area (Å²) in [7, 11) is 0. The third-order valence-electron chi connectivity index (χ3n) is 4.14. The van der Waals surface area contributed by atoms with E-state index in [-0.39, 0.29) is 12.4 Å². The third-order valence-corrected chi connectivity index (χ3v) is 4.14. The number of aliphatic hydroxyl groups excluding tert-OH is 1. The van der Waals surface area contributed by atoms with E-state index in [2.05, 4.69) is 17.4 Å². The van der Waals surface area contributed by atoms with Crippen molar-refractivity contribution >= 4 is 0 Å². The molecule has 104 valence electrons. The Balaban J connectivity index is 1.82. The Bertz CT molecular complexity index is 613. The summed E-state index contributed by atoms with van der Waals surface area (Å²) in [5.41, 5.74) is 2.94. The second-order valence-electron chi connectivity index (χ2n) is 5.38. The summed E-state index contributed by atoms with van der Waals surface area (Å²) in [5, 5.41) is 13.3. The summed E-state index contributed by atoms with van der Waals surface area (Å²) in [6.45, 7) is 0.603. The summed E-state index contributed by atoms with van der Waals surface area (Å²) < 4.78 is 13.2. The highest BCUT2D eigenvalue weighted by molar-refractivity contribution is 5.39. The van der Waals surface area contributed by atoms with Crippen molar-refractivity contribution in [1.82, 2.24) is 5.32 Å². The lowest BCUT2D eigenvalue weighted by molar-refractivity contribution is 0.159. The van der Waals surface area contributed by atoms with Crippen molar-refractivity contribution in [2.45, 2.75) is 24.9 Å². The molecule has 0 spiro atoms. The van der Waals surface area contributed by atoms with Gasteiger partial charge in [-0.1, -0.05) is 36.4 Å². The zero-order valence-corrected chi connectivity index (χ0v) is 11.3. The Kier molecular flexibility index (Phi) is 3.55. The van der Waals surface area contributed by atoms with Gasteiger partial charge in [0.2, 0.25) is 0 Å². The van der Waals surface area contributed by atoms with Crippen LogP contribution in [0.1, 0.15) is 23.1 Å². The lowest BCUT2D eigenvalue weighted by Gasteiger charge is -2.30. The van der Waals surface area contributed by atoms with Crippen molar-refractivity contribution in [3.63, 3.8) is 0 Å². The van der Waals surface area contributed by atoms with E-state index >= 15 is 0 Å². The van der Waals surface area contributed by atoms with Gasteiger partial charge in [-0.15, -0.1) is 0 Å². The first-order chi connectivity index (χ1) is 9.73. The maximum absolute atomic E-state index is 13.2. The van der Waals surface area contributed by atoms with Gasteiger partial charge in [0.05, 0.1) is 12.1 Å². The Morgan fingerprint density at radius 2 is 2.00 bits per heavy atom. The van der Waals surface area contributed by atoms with Crippen LogP contribution in [-0.2, 0) is 18.5 Å². The molecule has 0 aliphatic heterocycles. The smallest absolute Gasteiger partial charge is 0.123 e. The number of hydrogen-bond acceptors (Lipinski definition) is 2. The minimum Gasteiger partial charge on any atom is -0.394 e. The molecule has 0 saturated carbocycles. The monoisotopic (exact) mass is 271 g/mol. The van der Waals surface area contributed by atoms with Crippen molar-refractivity contribution in [2.24, 2.45) is 0 Å². The molecule has 0 amide bonds. The van der Waals surface area contributed by atoms with Crippen LogP contribution in [0.25, 0.3) is 0 Å². The van der Waals surface area contributed by atoms with Crippen LogP contribution in [0.2, 0.25) is 0 Å². The zero-order chi connectivity index (χ0) is 14.0. The van der Waals surface area contributed by atoms with Gasteiger partial charge in [-0.3, -0.25) is 0 Å². The van der Waals surface area contributed by atoms with Gasteiger partial charge >= 0.3 is 0 Å². The van der Waals surface area contributed by atoms with Crippen LogP contribution < -0.4 is 5.32 Å². The van der Waals surface area contributed by atoms with Crippen molar-refractivity contribution in [1.29, 1.82) is 0 Å². The maximum atomic E-state index is 13.2. The highest BCUT2D eigenvalue weighted by atomic mass is 19.1. The minimum absolute atomic E-state index is 0.0549. The van der Waals surface area contributed by atoms with Crippen LogP contribution in [0.3, 0.4) is 0 Å². The Morgan fingerprint density at radius 3 is 2.80 bits per heavy atom. The molecule has 2 aromatic rings. The number of fused-ring (bicyclic) bond motifs is 1. The third kappa shape index (κ3) is 2.35. The largest absolute Gasteiger partial charge is 0.394 e. The summed E-state index contributed by atoms with van der Waals surface area (Å²) in [5.74, 6) is -0.228. The molecule has 0 heterocycles. The molecule has 0 radical (unpaired) electrons. The average molecular weight is 271 g/mol. The first-order valence-corrected chi connectivity index (χ1v) is 6.92. The Labute approximate surface area is 118 Å². The van der Waals surface area contributed by atoms with E-state index < -0.39 is 5.54 Å². The average Bonchev–Trinajstić information content (AvgIpc) is 2.85. The molecular weight excluding hydrogens is 253 g/mol. The number of aryl methyl sites for hydroxylation is 1. The van der Waals surface area contributed by atoms with E-state index in [0.717, 1.165) is 18.4 Å². The van der Waals surface area contributed by atoms with Gasteiger partial charge in [0.25, 0.3) is 0 Å². The number of halogens is 1. The molecular formula is C17H18FNO. The fourth-order valence-electron chi connectivity index (χ4n) is 3.01. The highest BCUT2D eigenvalue weighted by Crippen LogP contribution is 2.36. The Morgan fingerprint density at radius 1 is 1.15 bits per heavy atom. The van der Waals surface area contributed by atoms with E-state index in [1.165, 1.54) is 23.3 Å². The summed E-state index contributed by atoms with van der Waals surface area (Å²) in [6, 6.07) is 14.8. The van der Waals surface area contributed by atoms with Crippen molar-refractivity contribution in [3.05, 3.63) is 71.0 Å². The van der Waals surface area contributed by atoms with Crippen LogP contribution in [0, 0.1) is 5.82 Å². The molecule has 1 aliphatic carbocycles. The molecule has 2 aromatic carbocycles. The molecule has 2 nitrogen and oxygen atoms in total. The Hall–Kier alpha value is -1.71. The van der Waals surface area contributed by atoms with Gasteiger partial charge in [0.15, 0.2) is 0 Å². The van der Waals surface area contributed by atoms with E-state index in [1.807, 2.05) is 18.2 Å². The predicted molar refractivity (Wildman–Crippen MR) is 76.8 cm³/mol. The number of hydrogen-bond donors (Lipinski definition) is 2. The summed E-state index contributed by atoms with van der Waals surface area (Å²) in [6.07, 6.45) is 1.84. The van der Waals surface area contributed by atoms with E-state index in [4.69, 9.17) is 0 Å². The van der Waals surface area contributed by atoms with Crippen LogP contribution in [-0.4, -0.2) is 11.7 Å². The van der Waals surface area contributed by atoms with Crippen molar-refractivity contribution in [3.8, 4) is 0 Å². The first-order valence-electron chi connectivity index (χ1n) is 6.92. The lowest BCUT2D eigenvalue weighted by Crippen LogP contribution is -2.43. The highest BCUT2D eigenvalue weighted by Gasteiger charge is 2.37. The summed E-state index contributed by atoms with van der Waals surface area (Å²) in [4.78, 5) is 0. The van der Waals surface area contributed by atoms with Crippen molar-refractivity contribution < 1.29 is 9.50 Å². The second kappa shape index (κ2) is 5.35. The van der Waals surface area contributed by atoms with Crippen LogP contribution in [0.4, 0.5) is 4.39 Å². The van der Waals surface area contributed by atoms with Crippen LogP contribution >= 0.6 is 0 Å². The number of rotatable bonds is 4. The van der Waals surface area contributed by atoms with E-state index in [0.29, 0.717) is 6.54 Å².